The molecular weight excluding hydrogens is 280 g/mol. The van der Waals surface area contributed by atoms with Gasteiger partial charge >= 0.3 is 0 Å². The van der Waals surface area contributed by atoms with Gasteiger partial charge in [0.2, 0.25) is 0 Å². The van der Waals surface area contributed by atoms with E-state index in [1.165, 1.54) is 5.56 Å². The molecule has 21 heavy (non-hydrogen) atoms. The van der Waals surface area contributed by atoms with Crippen molar-refractivity contribution in [1.29, 1.82) is 0 Å². The van der Waals surface area contributed by atoms with Gasteiger partial charge in [0.25, 0.3) is 0 Å². The molecular formula is C16H18N4S. The molecule has 0 aliphatic heterocycles. The maximum Gasteiger partial charge on any atom is 0.0794 e. The minimum atomic E-state index is 0.279. The predicted molar refractivity (Wildman–Crippen MR) is 85.8 cm³/mol. The second kappa shape index (κ2) is 6.65. The van der Waals surface area contributed by atoms with Crippen molar-refractivity contribution in [2.24, 2.45) is 0 Å². The van der Waals surface area contributed by atoms with Gasteiger partial charge < -0.3 is 5.32 Å². The molecule has 0 fully saturated rings. The van der Waals surface area contributed by atoms with E-state index in [0.29, 0.717) is 0 Å². The van der Waals surface area contributed by atoms with Crippen molar-refractivity contribution in [3.05, 3.63) is 64.9 Å². The quantitative estimate of drug-likeness (QED) is 0.760. The summed E-state index contributed by atoms with van der Waals surface area (Å²) in [6, 6.07) is 10.4. The van der Waals surface area contributed by atoms with E-state index in [0.717, 1.165) is 24.3 Å². The van der Waals surface area contributed by atoms with Crippen LogP contribution in [-0.4, -0.2) is 21.3 Å². The molecule has 1 aromatic carbocycles. The van der Waals surface area contributed by atoms with Gasteiger partial charge in [0.05, 0.1) is 23.1 Å². The first kappa shape index (κ1) is 14.0. The van der Waals surface area contributed by atoms with Crippen molar-refractivity contribution >= 4 is 11.3 Å². The normalized spacial score (nSPS) is 12.4. The van der Waals surface area contributed by atoms with E-state index in [4.69, 9.17) is 0 Å². The molecule has 0 radical (unpaired) electrons. The first-order valence-electron chi connectivity index (χ1n) is 7.03. The number of nitrogens with zero attached hydrogens (tertiary/aromatic N) is 3. The Morgan fingerprint density at radius 1 is 1.29 bits per heavy atom. The fraction of sp³-hybridized carbons (Fsp3) is 0.250. The van der Waals surface area contributed by atoms with Crippen LogP contribution in [0.1, 0.15) is 24.2 Å². The zero-order valence-corrected chi connectivity index (χ0v) is 12.8. The molecule has 2 heterocycles. The van der Waals surface area contributed by atoms with Crippen LogP contribution in [-0.2, 0) is 6.42 Å². The van der Waals surface area contributed by atoms with E-state index in [9.17, 15) is 0 Å². The van der Waals surface area contributed by atoms with Crippen molar-refractivity contribution in [3.63, 3.8) is 0 Å². The molecule has 0 aliphatic carbocycles. The third kappa shape index (κ3) is 3.56. The Morgan fingerprint density at radius 2 is 2.14 bits per heavy atom. The molecule has 108 valence electrons. The van der Waals surface area contributed by atoms with Crippen LogP contribution >= 0.6 is 11.3 Å². The first-order chi connectivity index (χ1) is 10.3. The summed E-state index contributed by atoms with van der Waals surface area (Å²) in [6.07, 6.45) is 4.96. The van der Waals surface area contributed by atoms with E-state index < -0.39 is 0 Å². The molecule has 0 saturated heterocycles. The van der Waals surface area contributed by atoms with Gasteiger partial charge in [0, 0.05) is 36.1 Å². The number of benzene rings is 1. The van der Waals surface area contributed by atoms with Gasteiger partial charge in [-0.1, -0.05) is 18.2 Å². The lowest BCUT2D eigenvalue weighted by Crippen LogP contribution is -2.21. The Hall–Kier alpha value is -1.98. The van der Waals surface area contributed by atoms with Gasteiger partial charge in [-0.05, 0) is 19.1 Å². The topological polar surface area (TPSA) is 42.7 Å². The van der Waals surface area contributed by atoms with Crippen LogP contribution in [0.4, 0.5) is 0 Å². The van der Waals surface area contributed by atoms with Crippen LogP contribution in [0.5, 0.6) is 0 Å². The van der Waals surface area contributed by atoms with Crippen molar-refractivity contribution < 1.29 is 0 Å². The maximum absolute atomic E-state index is 4.43. The summed E-state index contributed by atoms with van der Waals surface area (Å²) in [5.41, 5.74) is 5.30. The lowest BCUT2D eigenvalue weighted by atomic mass is 10.2. The van der Waals surface area contributed by atoms with Crippen LogP contribution in [0.2, 0.25) is 0 Å². The minimum Gasteiger partial charge on any atom is -0.310 e. The zero-order chi connectivity index (χ0) is 14.5. The number of thiazole rings is 1. The molecule has 2 aromatic heterocycles. The molecule has 1 unspecified atom stereocenters. The predicted octanol–water partition coefficient (Wildman–Crippen LogP) is 3.22. The second-order valence-electron chi connectivity index (χ2n) is 4.96. The van der Waals surface area contributed by atoms with Crippen molar-refractivity contribution in [2.45, 2.75) is 19.4 Å². The molecule has 3 aromatic rings. The van der Waals surface area contributed by atoms with E-state index in [2.05, 4.69) is 46.0 Å². The molecule has 0 bridgehead atoms. The lowest BCUT2D eigenvalue weighted by molar-refractivity contribution is 0.574. The second-order valence-corrected chi connectivity index (χ2v) is 5.68. The lowest BCUT2D eigenvalue weighted by Gasteiger charge is -2.11. The molecule has 0 amide bonds. The third-order valence-corrected chi connectivity index (χ3v) is 4.07. The Bertz CT molecular complexity index is 661. The number of nitrogens with one attached hydrogen (secondary N) is 1. The van der Waals surface area contributed by atoms with Gasteiger partial charge in [-0.2, -0.15) is 5.10 Å². The molecule has 4 nitrogen and oxygen atoms in total. The van der Waals surface area contributed by atoms with Gasteiger partial charge in [-0.15, -0.1) is 11.3 Å². The van der Waals surface area contributed by atoms with Crippen LogP contribution in [0, 0.1) is 0 Å². The summed E-state index contributed by atoms with van der Waals surface area (Å²) < 4.78 is 1.91. The Kier molecular flexibility index (Phi) is 4.43. The number of hydrogen-bond acceptors (Lipinski definition) is 4. The molecule has 0 saturated carbocycles. The smallest absolute Gasteiger partial charge is 0.0794 e. The van der Waals surface area contributed by atoms with Gasteiger partial charge in [0.15, 0.2) is 0 Å². The molecule has 1 atom stereocenters. The maximum atomic E-state index is 4.43. The Balaban J connectivity index is 1.58. The average Bonchev–Trinajstić information content (AvgIpc) is 3.20. The number of rotatable bonds is 6. The highest BCUT2D eigenvalue weighted by Gasteiger charge is 2.08. The SMILES string of the molecule is CC(NCCc1cscn1)c1cnn(-c2ccccc2)c1. The van der Waals surface area contributed by atoms with Gasteiger partial charge in [-0.25, -0.2) is 9.67 Å². The third-order valence-electron chi connectivity index (χ3n) is 3.44. The first-order valence-corrected chi connectivity index (χ1v) is 7.97. The van der Waals surface area contributed by atoms with Crippen molar-refractivity contribution in [1.82, 2.24) is 20.1 Å². The summed E-state index contributed by atoms with van der Waals surface area (Å²) in [5.74, 6) is 0. The number of hydrogen-bond donors (Lipinski definition) is 1. The van der Waals surface area contributed by atoms with Gasteiger partial charge in [-0.3, -0.25) is 0 Å². The largest absolute Gasteiger partial charge is 0.310 e. The summed E-state index contributed by atoms with van der Waals surface area (Å²) >= 11 is 1.64. The van der Waals surface area contributed by atoms with E-state index in [-0.39, 0.29) is 6.04 Å². The molecule has 5 heteroatoms. The van der Waals surface area contributed by atoms with Crippen LogP contribution in [0.3, 0.4) is 0 Å². The van der Waals surface area contributed by atoms with E-state index in [1.54, 1.807) is 11.3 Å². The summed E-state index contributed by atoms with van der Waals surface area (Å²) in [6.45, 7) is 3.08. The Labute approximate surface area is 128 Å². The summed E-state index contributed by atoms with van der Waals surface area (Å²) in [7, 11) is 0. The molecule has 0 spiro atoms. The number of aromatic nitrogens is 3. The average molecular weight is 298 g/mol. The van der Waals surface area contributed by atoms with Crippen molar-refractivity contribution in [3.8, 4) is 5.69 Å². The highest BCUT2D eigenvalue weighted by atomic mass is 32.1. The van der Waals surface area contributed by atoms with Gasteiger partial charge in [0.1, 0.15) is 0 Å². The van der Waals surface area contributed by atoms with Crippen LogP contribution in [0.15, 0.2) is 53.6 Å². The highest BCUT2D eigenvalue weighted by molar-refractivity contribution is 7.07. The fourth-order valence-electron chi connectivity index (χ4n) is 2.18. The van der Waals surface area contributed by atoms with Crippen LogP contribution < -0.4 is 5.32 Å². The van der Waals surface area contributed by atoms with E-state index in [1.807, 2.05) is 34.6 Å². The summed E-state index contributed by atoms with van der Waals surface area (Å²) in [5, 5.41) is 10.0. The highest BCUT2D eigenvalue weighted by Crippen LogP contribution is 2.14. The molecule has 1 N–H and O–H groups in total. The summed E-state index contributed by atoms with van der Waals surface area (Å²) in [4.78, 5) is 4.29. The fourth-order valence-corrected chi connectivity index (χ4v) is 2.77. The standard InChI is InChI=1S/C16H18N4S/c1-13(17-8-7-15-11-21-12-18-15)14-9-19-20(10-14)16-5-3-2-4-6-16/h2-6,9-13,17H,7-8H2,1H3. The van der Waals surface area contributed by atoms with E-state index >= 15 is 0 Å². The monoisotopic (exact) mass is 298 g/mol. The number of para-hydroxylation sites is 1. The molecule has 0 aliphatic rings. The minimum absolute atomic E-state index is 0.279. The molecule has 3 rings (SSSR count). The van der Waals surface area contributed by atoms with Crippen LogP contribution in [0.25, 0.3) is 5.69 Å². The Morgan fingerprint density at radius 3 is 2.90 bits per heavy atom. The zero-order valence-electron chi connectivity index (χ0n) is 11.9. The van der Waals surface area contributed by atoms with Crippen molar-refractivity contribution in [2.75, 3.05) is 6.54 Å².